The first kappa shape index (κ1) is 23.8. The monoisotopic (exact) mass is 524 g/mol. The number of carbonyl (C=O) groups is 1. The van der Waals surface area contributed by atoms with Crippen molar-refractivity contribution >= 4 is 35.8 Å². The first-order valence-corrected chi connectivity index (χ1v) is 9.70. The van der Waals surface area contributed by atoms with E-state index in [-0.39, 0.29) is 29.9 Å². The zero-order valence-corrected chi connectivity index (χ0v) is 19.9. The Morgan fingerprint density at radius 3 is 2.33 bits per heavy atom. The number of guanidine groups is 1. The van der Waals surface area contributed by atoms with Gasteiger partial charge in [-0.15, -0.1) is 24.0 Å². The molecule has 1 heterocycles. The van der Waals surface area contributed by atoms with E-state index in [1.807, 2.05) is 42.5 Å². The van der Waals surface area contributed by atoms with E-state index < -0.39 is 0 Å². The van der Waals surface area contributed by atoms with E-state index in [0.717, 1.165) is 49.0 Å². The van der Waals surface area contributed by atoms with Crippen LogP contribution >= 0.6 is 24.0 Å². The van der Waals surface area contributed by atoms with Crippen LogP contribution in [0.4, 0.5) is 0 Å². The van der Waals surface area contributed by atoms with E-state index >= 15 is 0 Å². The van der Waals surface area contributed by atoms with Crippen molar-refractivity contribution in [3.05, 3.63) is 59.2 Å². The van der Waals surface area contributed by atoms with Gasteiger partial charge in [-0.3, -0.25) is 9.79 Å². The van der Waals surface area contributed by atoms with Gasteiger partial charge in [0, 0.05) is 39.8 Å². The normalized spacial score (nSPS) is 12.2. The van der Waals surface area contributed by atoms with Gasteiger partial charge < -0.3 is 25.0 Å². The topological polar surface area (TPSA) is 75.2 Å². The van der Waals surface area contributed by atoms with Crippen molar-refractivity contribution in [2.24, 2.45) is 4.99 Å². The zero-order valence-electron chi connectivity index (χ0n) is 17.6. The van der Waals surface area contributed by atoms with Crippen LogP contribution in [0.15, 0.2) is 47.5 Å². The third kappa shape index (κ3) is 6.51. The van der Waals surface area contributed by atoms with Crippen LogP contribution in [0.1, 0.15) is 21.5 Å². The Hall–Kier alpha value is -2.49. The molecule has 30 heavy (non-hydrogen) atoms. The minimum atomic E-state index is 0. The highest BCUT2D eigenvalue weighted by Gasteiger charge is 2.13. The molecule has 0 saturated carbocycles. The molecule has 1 aliphatic heterocycles. The molecule has 2 N–H and O–H groups in total. The van der Waals surface area contributed by atoms with Gasteiger partial charge in [-0.05, 0) is 48.2 Å². The summed E-state index contributed by atoms with van der Waals surface area (Å²) < 4.78 is 10.8. The minimum absolute atomic E-state index is 0. The quantitative estimate of drug-likeness (QED) is 0.331. The van der Waals surface area contributed by atoms with E-state index in [4.69, 9.17) is 9.47 Å². The lowest BCUT2D eigenvalue weighted by Crippen LogP contribution is -2.39. The number of nitrogens with one attached hydrogen (secondary N) is 2. The van der Waals surface area contributed by atoms with Gasteiger partial charge in [0.2, 0.25) is 6.79 Å². The molecule has 2 aromatic rings. The Labute approximate surface area is 194 Å². The largest absolute Gasteiger partial charge is 0.454 e. The number of nitrogens with zero attached hydrogens (tertiary/aromatic N) is 2. The van der Waals surface area contributed by atoms with Crippen LogP contribution in [0.5, 0.6) is 11.5 Å². The van der Waals surface area contributed by atoms with Gasteiger partial charge in [0.25, 0.3) is 5.91 Å². The summed E-state index contributed by atoms with van der Waals surface area (Å²) >= 11 is 0. The Bertz CT molecular complexity index is 886. The van der Waals surface area contributed by atoms with E-state index in [9.17, 15) is 4.79 Å². The molecule has 0 bridgehead atoms. The number of halogens is 1. The maximum absolute atomic E-state index is 12.1. The molecule has 0 radical (unpaired) electrons. The molecule has 0 aliphatic carbocycles. The van der Waals surface area contributed by atoms with Crippen molar-refractivity contribution in [1.29, 1.82) is 0 Å². The van der Waals surface area contributed by atoms with Crippen LogP contribution in [0.25, 0.3) is 0 Å². The fraction of sp³-hybridized carbons (Fsp3) is 0.364. The number of aliphatic imine (C=N–C) groups is 1. The van der Waals surface area contributed by atoms with Crippen molar-refractivity contribution in [1.82, 2.24) is 15.5 Å². The van der Waals surface area contributed by atoms with E-state index in [0.29, 0.717) is 12.4 Å². The summed E-state index contributed by atoms with van der Waals surface area (Å²) in [6.07, 6.45) is 1.66. The smallest absolute Gasteiger partial charge is 0.253 e. The summed E-state index contributed by atoms with van der Waals surface area (Å²) in [5.74, 6) is 2.38. The highest BCUT2D eigenvalue weighted by molar-refractivity contribution is 14.0. The summed E-state index contributed by atoms with van der Waals surface area (Å²) in [6.45, 7) is 1.77. The van der Waals surface area contributed by atoms with Crippen LogP contribution in [0.2, 0.25) is 0 Å². The van der Waals surface area contributed by atoms with Crippen molar-refractivity contribution in [2.75, 3.05) is 41.0 Å². The van der Waals surface area contributed by atoms with Crippen molar-refractivity contribution < 1.29 is 14.3 Å². The van der Waals surface area contributed by atoms with E-state index in [1.165, 1.54) is 5.56 Å². The molecule has 3 rings (SSSR count). The molecule has 0 unspecified atom stereocenters. The maximum atomic E-state index is 12.1. The Balaban J connectivity index is 0.00000320. The number of rotatable bonds is 7. The lowest BCUT2D eigenvalue weighted by atomic mass is 10.1. The molecule has 2 aromatic carbocycles. The van der Waals surface area contributed by atoms with Gasteiger partial charge in [-0.1, -0.05) is 18.2 Å². The van der Waals surface area contributed by atoms with Crippen LogP contribution in [-0.2, 0) is 12.8 Å². The first-order valence-electron chi connectivity index (χ1n) is 9.70. The first-order chi connectivity index (χ1) is 14.1. The molecule has 0 spiro atoms. The predicted molar refractivity (Wildman–Crippen MR) is 129 cm³/mol. The van der Waals surface area contributed by atoms with Crippen LogP contribution < -0.4 is 20.1 Å². The van der Waals surface area contributed by atoms with Gasteiger partial charge in [-0.25, -0.2) is 0 Å². The van der Waals surface area contributed by atoms with Crippen LogP contribution in [-0.4, -0.2) is 57.8 Å². The van der Waals surface area contributed by atoms with Gasteiger partial charge in [-0.2, -0.15) is 0 Å². The number of hydrogen-bond donors (Lipinski definition) is 2. The summed E-state index contributed by atoms with van der Waals surface area (Å²) in [4.78, 5) is 17.9. The predicted octanol–water partition coefficient (Wildman–Crippen LogP) is 2.69. The van der Waals surface area contributed by atoms with Crippen molar-refractivity contribution in [3.63, 3.8) is 0 Å². The maximum Gasteiger partial charge on any atom is 0.253 e. The molecular weight excluding hydrogens is 495 g/mol. The molecule has 162 valence electrons. The fourth-order valence-corrected chi connectivity index (χ4v) is 3.09. The zero-order chi connectivity index (χ0) is 20.6. The highest BCUT2D eigenvalue weighted by Crippen LogP contribution is 2.32. The van der Waals surface area contributed by atoms with E-state index in [2.05, 4.69) is 15.6 Å². The average Bonchev–Trinajstić information content (AvgIpc) is 3.20. The second-order valence-electron chi connectivity index (χ2n) is 7.01. The number of amides is 1. The third-order valence-corrected chi connectivity index (χ3v) is 4.65. The molecule has 7 nitrogen and oxygen atoms in total. The van der Waals surface area contributed by atoms with Crippen LogP contribution in [0.3, 0.4) is 0 Å². The molecule has 1 aliphatic rings. The van der Waals surface area contributed by atoms with Crippen molar-refractivity contribution in [3.8, 4) is 11.5 Å². The Morgan fingerprint density at radius 1 is 1.00 bits per heavy atom. The molecule has 0 atom stereocenters. The van der Waals surface area contributed by atoms with Gasteiger partial charge in [0.1, 0.15) is 0 Å². The second-order valence-corrected chi connectivity index (χ2v) is 7.01. The fourth-order valence-electron chi connectivity index (χ4n) is 3.09. The molecule has 1 amide bonds. The van der Waals surface area contributed by atoms with Crippen molar-refractivity contribution in [2.45, 2.75) is 12.8 Å². The standard InChI is InChI=1S/C22H28N4O3.HI/c1-23-22(25-12-10-17-7-8-19-20(14-17)29-15-28-19)24-11-9-16-5-4-6-18(13-16)21(27)26(2)3;/h4-8,13-14H,9-12,15H2,1-3H3,(H2,23,24,25);1H. The SMILES string of the molecule is CN=C(NCCc1cccc(C(=O)N(C)C)c1)NCCc1ccc2c(c1)OCO2.I. The summed E-state index contributed by atoms with van der Waals surface area (Å²) in [6, 6.07) is 13.7. The lowest BCUT2D eigenvalue weighted by molar-refractivity contribution is 0.0827. The van der Waals surface area contributed by atoms with Crippen LogP contribution in [0, 0.1) is 0 Å². The number of fused-ring (bicyclic) bond motifs is 1. The van der Waals surface area contributed by atoms with Gasteiger partial charge in [0.15, 0.2) is 17.5 Å². The molecule has 0 aromatic heterocycles. The minimum Gasteiger partial charge on any atom is -0.454 e. The molecular formula is C22H29IN4O3. The van der Waals surface area contributed by atoms with E-state index in [1.54, 1.807) is 26.0 Å². The third-order valence-electron chi connectivity index (χ3n) is 4.65. The average molecular weight is 524 g/mol. The number of ether oxygens (including phenoxy) is 2. The molecule has 8 heteroatoms. The van der Waals surface area contributed by atoms with Gasteiger partial charge in [0.05, 0.1) is 0 Å². The second kappa shape index (κ2) is 11.6. The Morgan fingerprint density at radius 2 is 1.67 bits per heavy atom. The lowest BCUT2D eigenvalue weighted by Gasteiger charge is -2.13. The highest BCUT2D eigenvalue weighted by atomic mass is 127. The summed E-state index contributed by atoms with van der Waals surface area (Å²) in [7, 11) is 5.28. The Kier molecular flexibility index (Phi) is 9.22. The molecule has 0 fully saturated rings. The number of benzene rings is 2. The summed E-state index contributed by atoms with van der Waals surface area (Å²) in [5, 5.41) is 6.64. The van der Waals surface area contributed by atoms with Gasteiger partial charge >= 0.3 is 0 Å². The number of carbonyl (C=O) groups excluding carboxylic acids is 1. The molecule has 0 saturated heterocycles. The summed E-state index contributed by atoms with van der Waals surface area (Å²) in [5.41, 5.74) is 3.00. The number of hydrogen-bond acceptors (Lipinski definition) is 4.